The quantitative estimate of drug-likeness (QED) is 0.520. The van der Waals surface area contributed by atoms with Crippen LogP contribution in [0.2, 0.25) is 4.34 Å². The van der Waals surface area contributed by atoms with Crippen LogP contribution in [0.3, 0.4) is 0 Å². The summed E-state index contributed by atoms with van der Waals surface area (Å²) < 4.78 is 8.77. The van der Waals surface area contributed by atoms with E-state index in [1.165, 1.54) is 16.5 Å². The van der Waals surface area contributed by atoms with Crippen LogP contribution < -0.4 is 0 Å². The smallest absolute Gasteiger partial charge is 0.126 e. The first-order valence-electron chi connectivity index (χ1n) is 9.34. The van der Waals surface area contributed by atoms with E-state index in [1.54, 1.807) is 11.3 Å². The van der Waals surface area contributed by atoms with Crippen LogP contribution in [0.5, 0.6) is 0 Å². The molecule has 1 fully saturated rings. The predicted octanol–water partition coefficient (Wildman–Crippen LogP) is 4.86. The summed E-state index contributed by atoms with van der Waals surface area (Å²) >= 11 is 7.64. The lowest BCUT2D eigenvalue weighted by atomic mass is 10.1. The van der Waals surface area contributed by atoms with Gasteiger partial charge in [-0.25, -0.2) is 4.98 Å². The van der Waals surface area contributed by atoms with Crippen LogP contribution in [0.4, 0.5) is 0 Å². The van der Waals surface area contributed by atoms with Crippen LogP contribution in [0.25, 0.3) is 21.5 Å². The Hall–Kier alpha value is -2.12. The van der Waals surface area contributed by atoms with Gasteiger partial charge in [0, 0.05) is 37.2 Å². The first kappa shape index (κ1) is 17.9. The SMILES string of the molecule is Cn1cc(CN2CCOCC2c2ncc(-c3ccc(Cl)s3)[nH]2)c2ccccc21. The van der Waals surface area contributed by atoms with Gasteiger partial charge in [-0.05, 0) is 23.8 Å². The number of hydrogen-bond donors (Lipinski definition) is 1. The number of thiophene rings is 1. The number of morpholine rings is 1. The molecular weight excluding hydrogens is 392 g/mol. The minimum Gasteiger partial charge on any atom is -0.378 e. The van der Waals surface area contributed by atoms with Crippen LogP contribution in [0.1, 0.15) is 17.4 Å². The molecule has 0 amide bonds. The molecule has 144 valence electrons. The number of aryl methyl sites for hydroxylation is 1. The van der Waals surface area contributed by atoms with E-state index in [9.17, 15) is 0 Å². The van der Waals surface area contributed by atoms with Crippen molar-refractivity contribution in [3.63, 3.8) is 0 Å². The molecule has 7 heteroatoms. The highest BCUT2D eigenvalue weighted by atomic mass is 35.5. The largest absolute Gasteiger partial charge is 0.378 e. The molecule has 3 aromatic heterocycles. The lowest BCUT2D eigenvalue weighted by molar-refractivity contribution is -0.0154. The second-order valence-corrected chi connectivity index (χ2v) is 8.84. The molecule has 1 saturated heterocycles. The van der Waals surface area contributed by atoms with E-state index in [2.05, 4.69) is 56.9 Å². The van der Waals surface area contributed by atoms with Gasteiger partial charge in [0.1, 0.15) is 5.82 Å². The highest BCUT2D eigenvalue weighted by Crippen LogP contribution is 2.32. The van der Waals surface area contributed by atoms with Gasteiger partial charge < -0.3 is 14.3 Å². The van der Waals surface area contributed by atoms with Crippen LogP contribution in [-0.2, 0) is 18.3 Å². The fourth-order valence-corrected chi connectivity index (χ4v) is 4.95. The summed E-state index contributed by atoms with van der Waals surface area (Å²) in [5, 5.41) is 1.31. The maximum absolute atomic E-state index is 6.08. The summed E-state index contributed by atoms with van der Waals surface area (Å²) in [4.78, 5) is 11.7. The van der Waals surface area contributed by atoms with Crippen molar-refractivity contribution in [2.45, 2.75) is 12.6 Å². The maximum atomic E-state index is 6.08. The number of fused-ring (bicyclic) bond motifs is 1. The zero-order valence-electron chi connectivity index (χ0n) is 15.6. The van der Waals surface area contributed by atoms with Crippen molar-refractivity contribution in [1.29, 1.82) is 0 Å². The Morgan fingerprint density at radius 3 is 3.04 bits per heavy atom. The van der Waals surface area contributed by atoms with Gasteiger partial charge in [0.25, 0.3) is 0 Å². The van der Waals surface area contributed by atoms with Crippen LogP contribution in [0.15, 0.2) is 48.8 Å². The van der Waals surface area contributed by atoms with Crippen molar-refractivity contribution in [1.82, 2.24) is 19.4 Å². The molecule has 5 nitrogen and oxygen atoms in total. The third-order valence-electron chi connectivity index (χ3n) is 5.34. The molecule has 4 heterocycles. The van der Waals surface area contributed by atoms with E-state index in [-0.39, 0.29) is 6.04 Å². The average molecular weight is 413 g/mol. The van der Waals surface area contributed by atoms with Crippen LogP contribution in [0, 0.1) is 0 Å². The number of ether oxygens (including phenoxy) is 1. The zero-order valence-corrected chi connectivity index (χ0v) is 17.1. The molecule has 1 aliphatic rings. The number of rotatable bonds is 4. The van der Waals surface area contributed by atoms with Gasteiger partial charge in [-0.3, -0.25) is 4.90 Å². The Bertz CT molecular complexity index is 1110. The minimum atomic E-state index is 0.108. The topological polar surface area (TPSA) is 46.1 Å². The molecule has 1 aromatic carbocycles. The first-order valence-corrected chi connectivity index (χ1v) is 10.5. The molecule has 1 aliphatic heterocycles. The lowest BCUT2D eigenvalue weighted by Crippen LogP contribution is -2.39. The van der Waals surface area contributed by atoms with Crippen molar-refractivity contribution >= 4 is 33.8 Å². The molecule has 0 bridgehead atoms. The third kappa shape index (κ3) is 3.26. The van der Waals surface area contributed by atoms with Crippen molar-refractivity contribution in [2.75, 3.05) is 19.8 Å². The summed E-state index contributed by atoms with van der Waals surface area (Å²) in [5.74, 6) is 0.944. The standard InChI is InChI=1S/C21H21ClN4OS/c1-25-11-14(15-4-2-3-5-17(15)25)12-26-8-9-27-13-18(26)21-23-10-16(24-21)19-6-7-20(22)28-19/h2-7,10-11,18H,8-9,12-13H2,1H3,(H,23,24). The average Bonchev–Trinajstić information content (AvgIpc) is 3.43. The lowest BCUT2D eigenvalue weighted by Gasteiger charge is -2.34. The maximum Gasteiger partial charge on any atom is 0.126 e. The van der Waals surface area contributed by atoms with Crippen molar-refractivity contribution in [3.8, 4) is 10.6 Å². The van der Waals surface area contributed by atoms with Gasteiger partial charge in [0.2, 0.25) is 0 Å². The number of para-hydroxylation sites is 1. The highest BCUT2D eigenvalue weighted by molar-refractivity contribution is 7.19. The van der Waals surface area contributed by atoms with E-state index in [0.29, 0.717) is 6.61 Å². The number of aromatic amines is 1. The number of benzene rings is 1. The van der Waals surface area contributed by atoms with Crippen molar-refractivity contribution in [3.05, 3.63) is 64.5 Å². The number of halogens is 1. The molecule has 0 radical (unpaired) electrons. The van der Waals surface area contributed by atoms with Gasteiger partial charge in [-0.15, -0.1) is 11.3 Å². The third-order valence-corrected chi connectivity index (χ3v) is 6.61. The molecule has 0 aliphatic carbocycles. The second kappa shape index (κ2) is 7.37. The molecule has 0 spiro atoms. The molecule has 28 heavy (non-hydrogen) atoms. The normalized spacial score (nSPS) is 18.1. The Balaban J connectivity index is 1.43. The number of aromatic nitrogens is 3. The van der Waals surface area contributed by atoms with Gasteiger partial charge in [0.05, 0.1) is 40.4 Å². The zero-order chi connectivity index (χ0) is 19.1. The van der Waals surface area contributed by atoms with Gasteiger partial charge in [0.15, 0.2) is 0 Å². The Labute approximate surface area is 172 Å². The summed E-state index contributed by atoms with van der Waals surface area (Å²) in [7, 11) is 2.10. The Morgan fingerprint density at radius 1 is 1.29 bits per heavy atom. The fourth-order valence-electron chi connectivity index (χ4n) is 3.94. The molecule has 5 rings (SSSR count). The highest BCUT2D eigenvalue weighted by Gasteiger charge is 2.28. The monoisotopic (exact) mass is 412 g/mol. The number of H-pyrrole nitrogens is 1. The molecule has 1 unspecified atom stereocenters. The fraction of sp³-hybridized carbons (Fsp3) is 0.286. The molecular formula is C21H21ClN4OS. The van der Waals surface area contributed by atoms with E-state index in [0.717, 1.165) is 40.4 Å². The van der Waals surface area contributed by atoms with E-state index >= 15 is 0 Å². The molecule has 0 saturated carbocycles. The molecule has 4 aromatic rings. The molecule has 1 atom stereocenters. The van der Waals surface area contributed by atoms with Crippen LogP contribution in [-0.4, -0.2) is 39.2 Å². The van der Waals surface area contributed by atoms with E-state index in [1.807, 2.05) is 18.3 Å². The van der Waals surface area contributed by atoms with Crippen molar-refractivity contribution in [2.24, 2.45) is 7.05 Å². The van der Waals surface area contributed by atoms with Gasteiger partial charge in [-0.1, -0.05) is 29.8 Å². The number of nitrogens with zero attached hydrogens (tertiary/aromatic N) is 3. The second-order valence-electron chi connectivity index (χ2n) is 7.13. The van der Waals surface area contributed by atoms with E-state index in [4.69, 9.17) is 16.3 Å². The van der Waals surface area contributed by atoms with Gasteiger partial charge >= 0.3 is 0 Å². The summed E-state index contributed by atoms with van der Waals surface area (Å²) in [6.07, 6.45) is 4.13. The predicted molar refractivity (Wildman–Crippen MR) is 114 cm³/mol. The number of imidazole rings is 1. The Kier molecular flexibility index (Phi) is 4.72. The number of hydrogen-bond acceptors (Lipinski definition) is 4. The van der Waals surface area contributed by atoms with Gasteiger partial charge in [-0.2, -0.15) is 0 Å². The first-order chi connectivity index (χ1) is 13.7. The Morgan fingerprint density at radius 2 is 2.18 bits per heavy atom. The molecule has 1 N–H and O–H groups in total. The van der Waals surface area contributed by atoms with Crippen LogP contribution >= 0.6 is 22.9 Å². The van der Waals surface area contributed by atoms with E-state index < -0.39 is 0 Å². The van der Waals surface area contributed by atoms with Crippen molar-refractivity contribution < 1.29 is 4.74 Å². The number of nitrogens with one attached hydrogen (secondary N) is 1. The summed E-state index contributed by atoms with van der Waals surface area (Å²) in [5.41, 5.74) is 3.60. The minimum absolute atomic E-state index is 0.108. The summed E-state index contributed by atoms with van der Waals surface area (Å²) in [6.45, 7) is 3.14. The summed E-state index contributed by atoms with van der Waals surface area (Å²) in [6, 6.07) is 12.6.